The molecule has 2 saturated heterocycles. The Bertz CT molecular complexity index is 1030. The van der Waals surface area contributed by atoms with Crippen LogP contribution < -0.4 is 11.1 Å². The summed E-state index contributed by atoms with van der Waals surface area (Å²) >= 11 is 0. The van der Waals surface area contributed by atoms with Crippen LogP contribution in [0.25, 0.3) is 0 Å². The van der Waals surface area contributed by atoms with Crippen LogP contribution in [-0.2, 0) is 27.4 Å². The van der Waals surface area contributed by atoms with Crippen LogP contribution in [0, 0.1) is 6.92 Å². The maximum absolute atomic E-state index is 13.4. The Hall–Kier alpha value is -3.23. The highest BCUT2D eigenvalue weighted by Gasteiger charge is 2.45. The van der Waals surface area contributed by atoms with Gasteiger partial charge in [0.15, 0.2) is 6.17 Å². The van der Waals surface area contributed by atoms with E-state index in [1.807, 2.05) is 43.3 Å². The van der Waals surface area contributed by atoms with Gasteiger partial charge in [-0.05, 0) is 43.0 Å². The number of hydrogen-bond acceptors (Lipinski definition) is 5. The predicted octanol–water partition coefficient (Wildman–Crippen LogP) is 1.56. The first-order valence-corrected chi connectivity index (χ1v) is 11.3. The van der Waals surface area contributed by atoms with Crippen molar-refractivity contribution in [1.29, 1.82) is 0 Å². The lowest BCUT2D eigenvalue weighted by atomic mass is 10.1. The topological polar surface area (TPSA) is 105 Å². The second kappa shape index (κ2) is 10.1. The number of carbonyl (C=O) groups is 3. The van der Waals surface area contributed by atoms with E-state index in [0.717, 1.165) is 23.1 Å². The molecule has 2 aliphatic rings. The number of nitrogens with zero attached hydrogens (tertiary/aromatic N) is 2. The zero-order valence-electron chi connectivity index (χ0n) is 18.8. The van der Waals surface area contributed by atoms with Crippen molar-refractivity contribution in [2.24, 2.45) is 5.73 Å². The minimum Gasteiger partial charge on any atom is -0.368 e. The summed E-state index contributed by atoms with van der Waals surface area (Å²) in [7, 11) is 0. The number of nitrogens with two attached hydrogens (primary N) is 1. The fourth-order valence-corrected chi connectivity index (χ4v) is 4.40. The minimum absolute atomic E-state index is 0.239. The lowest BCUT2D eigenvalue weighted by molar-refractivity contribution is -0.148. The minimum atomic E-state index is -1.02. The van der Waals surface area contributed by atoms with E-state index < -0.39 is 18.2 Å². The van der Waals surface area contributed by atoms with Gasteiger partial charge in [-0.25, -0.2) is 0 Å². The number of hydrogen-bond donors (Lipinski definition) is 2. The molecule has 4 rings (SSSR count). The van der Waals surface area contributed by atoms with Gasteiger partial charge in [-0.15, -0.1) is 0 Å². The molecular weight excluding hydrogens is 420 g/mol. The van der Waals surface area contributed by atoms with Gasteiger partial charge in [-0.1, -0.05) is 42.0 Å². The molecular formula is C25H30N4O4. The Morgan fingerprint density at radius 2 is 1.82 bits per heavy atom. The summed E-state index contributed by atoms with van der Waals surface area (Å²) in [4.78, 5) is 42.8. The van der Waals surface area contributed by atoms with Gasteiger partial charge in [-0.3, -0.25) is 14.4 Å². The third-order valence-corrected chi connectivity index (χ3v) is 6.11. The molecule has 2 atom stereocenters. The molecule has 2 fully saturated rings. The molecule has 2 aliphatic heterocycles. The molecule has 0 aliphatic carbocycles. The molecule has 0 saturated carbocycles. The maximum Gasteiger partial charge on any atom is 0.264 e. The van der Waals surface area contributed by atoms with Crippen molar-refractivity contribution in [3.63, 3.8) is 0 Å². The van der Waals surface area contributed by atoms with Gasteiger partial charge in [0.25, 0.3) is 17.7 Å². The van der Waals surface area contributed by atoms with Crippen molar-refractivity contribution in [2.75, 3.05) is 19.7 Å². The third-order valence-electron chi connectivity index (χ3n) is 6.11. The van der Waals surface area contributed by atoms with Crippen LogP contribution in [0.1, 0.15) is 39.9 Å². The van der Waals surface area contributed by atoms with E-state index in [1.54, 1.807) is 12.1 Å². The molecule has 0 radical (unpaired) electrons. The van der Waals surface area contributed by atoms with Crippen LogP contribution in [-0.4, -0.2) is 59.5 Å². The van der Waals surface area contributed by atoms with E-state index in [0.29, 0.717) is 25.1 Å². The van der Waals surface area contributed by atoms with Gasteiger partial charge < -0.3 is 25.6 Å². The Kier molecular flexibility index (Phi) is 7.05. The van der Waals surface area contributed by atoms with Crippen molar-refractivity contribution in [2.45, 2.75) is 45.1 Å². The van der Waals surface area contributed by atoms with E-state index in [4.69, 9.17) is 10.5 Å². The number of benzene rings is 2. The lowest BCUT2D eigenvalue weighted by Crippen LogP contribution is -2.55. The SMILES string of the molecule is Cc1cccc(C(=O)N2CCN(C(=O)C3CCCO3)C2C(=O)NCc2cccc(CN)c2)c1. The maximum atomic E-state index is 13.4. The monoisotopic (exact) mass is 450 g/mol. The first-order chi connectivity index (χ1) is 16.0. The lowest BCUT2D eigenvalue weighted by Gasteiger charge is -2.30. The Morgan fingerprint density at radius 3 is 2.55 bits per heavy atom. The molecule has 0 bridgehead atoms. The summed E-state index contributed by atoms with van der Waals surface area (Å²) in [6.45, 7) is 3.70. The number of nitrogens with one attached hydrogen (secondary N) is 1. The first-order valence-electron chi connectivity index (χ1n) is 11.3. The van der Waals surface area contributed by atoms with E-state index in [2.05, 4.69) is 5.32 Å². The largest absolute Gasteiger partial charge is 0.368 e. The van der Waals surface area contributed by atoms with Gasteiger partial charge in [-0.2, -0.15) is 0 Å². The molecule has 2 aromatic rings. The van der Waals surface area contributed by atoms with Crippen molar-refractivity contribution in [1.82, 2.24) is 15.1 Å². The smallest absolute Gasteiger partial charge is 0.264 e. The second-order valence-electron chi connectivity index (χ2n) is 8.52. The molecule has 2 heterocycles. The number of carbonyl (C=O) groups excluding carboxylic acids is 3. The van der Waals surface area contributed by atoms with E-state index >= 15 is 0 Å². The third kappa shape index (κ3) is 5.07. The molecule has 8 heteroatoms. The Labute approximate surface area is 193 Å². The molecule has 0 spiro atoms. The summed E-state index contributed by atoms with van der Waals surface area (Å²) < 4.78 is 5.57. The van der Waals surface area contributed by atoms with Crippen LogP contribution in [0.5, 0.6) is 0 Å². The number of aryl methyl sites for hydroxylation is 1. The molecule has 2 aromatic carbocycles. The van der Waals surface area contributed by atoms with E-state index in [-0.39, 0.29) is 31.4 Å². The second-order valence-corrected chi connectivity index (χ2v) is 8.52. The molecule has 33 heavy (non-hydrogen) atoms. The fourth-order valence-electron chi connectivity index (χ4n) is 4.40. The molecule has 2 unspecified atom stereocenters. The van der Waals surface area contributed by atoms with Crippen LogP contribution >= 0.6 is 0 Å². The van der Waals surface area contributed by atoms with Gasteiger partial charge in [0.05, 0.1) is 0 Å². The van der Waals surface area contributed by atoms with Crippen molar-refractivity contribution in [3.05, 3.63) is 70.8 Å². The van der Waals surface area contributed by atoms with Crippen molar-refractivity contribution >= 4 is 17.7 Å². The van der Waals surface area contributed by atoms with Crippen molar-refractivity contribution in [3.8, 4) is 0 Å². The van der Waals surface area contributed by atoms with Gasteiger partial charge in [0.2, 0.25) is 0 Å². The fraction of sp³-hybridized carbons (Fsp3) is 0.400. The van der Waals surface area contributed by atoms with Gasteiger partial charge in [0.1, 0.15) is 6.10 Å². The van der Waals surface area contributed by atoms with Crippen LogP contribution in [0.4, 0.5) is 0 Å². The Morgan fingerprint density at radius 1 is 1.06 bits per heavy atom. The van der Waals surface area contributed by atoms with E-state index in [1.165, 1.54) is 9.80 Å². The predicted molar refractivity (Wildman–Crippen MR) is 123 cm³/mol. The average molecular weight is 451 g/mol. The van der Waals surface area contributed by atoms with E-state index in [9.17, 15) is 14.4 Å². The number of rotatable bonds is 6. The zero-order valence-corrected chi connectivity index (χ0v) is 18.8. The average Bonchev–Trinajstić information content (AvgIpc) is 3.52. The summed E-state index contributed by atoms with van der Waals surface area (Å²) in [6.07, 6.45) is -0.144. The zero-order chi connectivity index (χ0) is 23.4. The number of amides is 3. The highest BCUT2D eigenvalue weighted by molar-refractivity contribution is 5.99. The van der Waals surface area contributed by atoms with Gasteiger partial charge in [0, 0.05) is 38.3 Å². The van der Waals surface area contributed by atoms with Crippen molar-refractivity contribution < 1.29 is 19.1 Å². The first kappa shape index (κ1) is 22.9. The van der Waals surface area contributed by atoms with Crippen LogP contribution in [0.15, 0.2) is 48.5 Å². The molecule has 174 valence electrons. The Balaban J connectivity index is 1.55. The molecule has 8 nitrogen and oxygen atoms in total. The molecule has 3 N–H and O–H groups in total. The highest BCUT2D eigenvalue weighted by Crippen LogP contribution is 2.23. The summed E-state index contributed by atoms with van der Waals surface area (Å²) in [5, 5.41) is 2.91. The summed E-state index contributed by atoms with van der Waals surface area (Å²) in [5.41, 5.74) is 9.03. The summed E-state index contributed by atoms with van der Waals surface area (Å²) in [5.74, 6) is -0.901. The molecule has 3 amide bonds. The summed E-state index contributed by atoms with van der Waals surface area (Å²) in [6, 6.07) is 14.9. The standard InChI is InChI=1S/C25H30N4O4/c1-17-5-2-8-20(13-17)24(31)28-10-11-29(25(32)21-9-4-12-33-21)23(28)22(30)27-16-19-7-3-6-18(14-19)15-26/h2-3,5-8,13-14,21,23H,4,9-12,15-16,26H2,1H3,(H,27,30). The quantitative estimate of drug-likeness (QED) is 0.695. The normalized spacial score (nSPS) is 20.2. The highest BCUT2D eigenvalue weighted by atomic mass is 16.5. The van der Waals surface area contributed by atoms with Gasteiger partial charge >= 0.3 is 0 Å². The van der Waals surface area contributed by atoms with Crippen LogP contribution in [0.3, 0.4) is 0 Å². The number of ether oxygens (including phenoxy) is 1. The van der Waals surface area contributed by atoms with Crippen LogP contribution in [0.2, 0.25) is 0 Å². The molecule has 0 aromatic heterocycles.